The molecular weight excluding hydrogens is 419 g/mol. The Hall–Kier alpha value is -2.52. The summed E-state index contributed by atoms with van der Waals surface area (Å²) in [6.07, 6.45) is 4.53. The van der Waals surface area contributed by atoms with Gasteiger partial charge in [0.2, 0.25) is 0 Å². The van der Waals surface area contributed by atoms with E-state index in [1.807, 2.05) is 11.0 Å². The molecule has 0 amide bonds. The first kappa shape index (κ1) is 21.7. The first-order valence-corrected chi connectivity index (χ1v) is 11.0. The molecule has 4 rings (SSSR count). The van der Waals surface area contributed by atoms with Gasteiger partial charge in [0.25, 0.3) is 0 Å². The molecule has 7 nitrogen and oxygen atoms in total. The van der Waals surface area contributed by atoms with Gasteiger partial charge < -0.3 is 5.11 Å². The molecule has 2 heterocycles. The van der Waals surface area contributed by atoms with Gasteiger partial charge in [0.1, 0.15) is 11.5 Å². The lowest BCUT2D eigenvalue weighted by atomic mass is 9.93. The van der Waals surface area contributed by atoms with E-state index >= 15 is 0 Å². The number of piperidine rings is 1. The molecule has 2 aliphatic rings. The number of ketones is 1. The van der Waals surface area contributed by atoms with E-state index in [2.05, 4.69) is 15.4 Å². The summed E-state index contributed by atoms with van der Waals surface area (Å²) in [5, 5.41) is 19.7. The number of H-pyrrole nitrogens is 1. The predicted octanol–water partition coefficient (Wildman–Crippen LogP) is 3.07. The second-order valence-corrected chi connectivity index (χ2v) is 8.77. The summed E-state index contributed by atoms with van der Waals surface area (Å²) < 4.78 is 14.6. The van der Waals surface area contributed by atoms with Crippen LogP contribution in [0.3, 0.4) is 0 Å². The highest BCUT2D eigenvalue weighted by Crippen LogP contribution is 2.39. The van der Waals surface area contributed by atoms with Gasteiger partial charge in [-0.3, -0.25) is 14.5 Å². The van der Waals surface area contributed by atoms with E-state index in [0.717, 1.165) is 18.4 Å². The van der Waals surface area contributed by atoms with Gasteiger partial charge in [-0.1, -0.05) is 18.2 Å². The molecule has 1 aliphatic carbocycles. The van der Waals surface area contributed by atoms with Crippen LogP contribution in [0.1, 0.15) is 48.7 Å². The van der Waals surface area contributed by atoms with Crippen LogP contribution < -0.4 is 0 Å². The molecule has 0 bridgehead atoms. The average molecular weight is 445 g/mol. The second kappa shape index (κ2) is 9.32. The van der Waals surface area contributed by atoms with Gasteiger partial charge in [0, 0.05) is 36.2 Å². The predicted molar refractivity (Wildman–Crippen MR) is 116 cm³/mol. The number of thiol groups is 1. The van der Waals surface area contributed by atoms with Crippen molar-refractivity contribution >= 4 is 30.5 Å². The molecule has 2 N–H and O–H groups in total. The number of halogens is 1. The van der Waals surface area contributed by atoms with E-state index in [1.54, 1.807) is 18.2 Å². The topological polar surface area (TPSA) is 99.2 Å². The summed E-state index contributed by atoms with van der Waals surface area (Å²) in [5.74, 6) is -1.19. The minimum Gasteiger partial charge on any atom is -0.481 e. The van der Waals surface area contributed by atoms with Crippen molar-refractivity contribution in [2.45, 2.75) is 43.4 Å². The number of likely N-dealkylation sites (tertiary alicyclic amines) is 1. The fourth-order valence-corrected chi connectivity index (χ4v) is 4.31. The van der Waals surface area contributed by atoms with E-state index in [-0.39, 0.29) is 35.6 Å². The molecule has 0 spiro atoms. The lowest BCUT2D eigenvalue weighted by Crippen LogP contribution is -2.42. The number of carbonyl (C=O) groups is 2. The van der Waals surface area contributed by atoms with Gasteiger partial charge >= 0.3 is 5.97 Å². The third-order valence-corrected chi connectivity index (χ3v) is 6.46. The Kier molecular flexibility index (Phi) is 6.52. The zero-order valence-corrected chi connectivity index (χ0v) is 17.9. The van der Waals surface area contributed by atoms with Gasteiger partial charge in [-0.25, -0.2) is 4.39 Å². The van der Waals surface area contributed by atoms with Crippen LogP contribution in [0.2, 0.25) is 0 Å². The number of benzene rings is 1. The van der Waals surface area contributed by atoms with Crippen molar-refractivity contribution < 1.29 is 19.1 Å². The zero-order valence-electron chi connectivity index (χ0n) is 17.0. The number of nitrogens with zero attached hydrogens (tertiary/aromatic N) is 3. The monoisotopic (exact) mass is 444 g/mol. The minimum atomic E-state index is -0.899. The van der Waals surface area contributed by atoms with E-state index < -0.39 is 12.0 Å². The van der Waals surface area contributed by atoms with Gasteiger partial charge in [-0.2, -0.15) is 28.0 Å². The molecule has 1 aliphatic heterocycles. The molecule has 164 valence electrons. The Labute approximate surface area is 185 Å². The lowest BCUT2D eigenvalue weighted by Gasteiger charge is -2.37. The fraction of sp³-hybridized carbons (Fsp3) is 0.455. The SMILES string of the molecule is O=C(O)CCc1n[nH]nc1/C=C1/CN(C(C(=O)C2CC2)c2ccccc2F)CCC1S. The van der Waals surface area contributed by atoms with Crippen molar-refractivity contribution in [1.29, 1.82) is 0 Å². The maximum atomic E-state index is 14.6. The van der Waals surface area contributed by atoms with Gasteiger partial charge in [-0.05, 0) is 37.0 Å². The number of carbonyl (C=O) groups excluding carboxylic acids is 1. The average Bonchev–Trinajstić information content (AvgIpc) is 3.50. The molecule has 1 saturated carbocycles. The molecule has 2 fully saturated rings. The number of aromatic amines is 1. The Morgan fingerprint density at radius 2 is 2.06 bits per heavy atom. The maximum absolute atomic E-state index is 14.6. The number of hydrogen-bond acceptors (Lipinski definition) is 6. The van der Waals surface area contributed by atoms with Crippen molar-refractivity contribution in [3.63, 3.8) is 0 Å². The van der Waals surface area contributed by atoms with Crippen LogP contribution in [-0.2, 0) is 16.0 Å². The number of aliphatic carboxylic acids is 1. The number of aromatic nitrogens is 3. The molecule has 31 heavy (non-hydrogen) atoms. The van der Waals surface area contributed by atoms with Crippen LogP contribution >= 0.6 is 12.6 Å². The Morgan fingerprint density at radius 1 is 1.29 bits per heavy atom. The fourth-order valence-electron chi connectivity index (χ4n) is 4.03. The number of rotatable bonds is 8. The van der Waals surface area contributed by atoms with Crippen LogP contribution in [0.25, 0.3) is 6.08 Å². The largest absolute Gasteiger partial charge is 0.481 e. The van der Waals surface area contributed by atoms with Gasteiger partial charge in [-0.15, -0.1) is 0 Å². The number of carboxylic acid groups (broad SMARTS) is 1. The van der Waals surface area contributed by atoms with Crippen LogP contribution in [0, 0.1) is 11.7 Å². The first-order valence-electron chi connectivity index (χ1n) is 10.5. The number of aryl methyl sites for hydroxylation is 1. The summed E-state index contributed by atoms with van der Waals surface area (Å²) in [4.78, 5) is 26.1. The summed E-state index contributed by atoms with van der Waals surface area (Å²) in [6.45, 7) is 1.09. The summed E-state index contributed by atoms with van der Waals surface area (Å²) in [7, 11) is 0. The maximum Gasteiger partial charge on any atom is 0.303 e. The van der Waals surface area contributed by atoms with E-state index in [0.29, 0.717) is 36.5 Å². The molecule has 0 radical (unpaired) electrons. The van der Waals surface area contributed by atoms with Crippen molar-refractivity contribution in [3.8, 4) is 0 Å². The van der Waals surface area contributed by atoms with Crippen molar-refractivity contribution in [2.24, 2.45) is 5.92 Å². The summed E-state index contributed by atoms with van der Waals surface area (Å²) in [6, 6.07) is 5.86. The summed E-state index contributed by atoms with van der Waals surface area (Å²) >= 11 is 4.70. The van der Waals surface area contributed by atoms with E-state index in [4.69, 9.17) is 17.7 Å². The molecule has 9 heteroatoms. The molecule has 1 aromatic carbocycles. The van der Waals surface area contributed by atoms with E-state index in [1.165, 1.54) is 6.07 Å². The van der Waals surface area contributed by atoms with Crippen LogP contribution in [-0.4, -0.2) is 55.5 Å². The van der Waals surface area contributed by atoms with Crippen molar-refractivity contribution in [1.82, 2.24) is 20.3 Å². The number of hydrogen-bond donors (Lipinski definition) is 3. The number of carboxylic acids is 1. The minimum absolute atomic E-state index is 0.00363. The highest BCUT2D eigenvalue weighted by Gasteiger charge is 2.40. The molecule has 2 unspecified atom stereocenters. The van der Waals surface area contributed by atoms with Crippen molar-refractivity contribution in [3.05, 3.63) is 52.6 Å². The number of nitrogens with one attached hydrogen (secondary N) is 1. The standard InChI is InChI=1S/C22H25FN4O3S/c23-16-4-2-1-3-15(16)21(22(30)13-5-6-13)27-10-9-19(31)14(12-27)11-18-17(24-26-25-18)7-8-20(28)29/h1-4,11,13,19,21,31H,5-10,12H2,(H,28,29)(H,24,25,26)/b14-11-. The van der Waals surface area contributed by atoms with Gasteiger partial charge in [0.05, 0.1) is 18.2 Å². The second-order valence-electron chi connectivity index (χ2n) is 8.14. The highest BCUT2D eigenvalue weighted by atomic mass is 32.1. The molecule has 2 aromatic rings. The zero-order chi connectivity index (χ0) is 22.0. The lowest BCUT2D eigenvalue weighted by molar-refractivity contribution is -0.137. The highest BCUT2D eigenvalue weighted by molar-refractivity contribution is 7.81. The smallest absolute Gasteiger partial charge is 0.303 e. The normalized spacial score (nSPS) is 21.9. The van der Waals surface area contributed by atoms with Gasteiger partial charge in [0.15, 0.2) is 5.78 Å². The molecule has 1 saturated heterocycles. The summed E-state index contributed by atoms with van der Waals surface area (Å²) in [5.41, 5.74) is 2.52. The molecule has 2 atom stereocenters. The third-order valence-electron chi connectivity index (χ3n) is 5.87. The third kappa shape index (κ3) is 5.04. The Bertz CT molecular complexity index is 1000. The first-order chi connectivity index (χ1) is 14.9. The molecule has 1 aromatic heterocycles. The Morgan fingerprint density at radius 3 is 2.77 bits per heavy atom. The van der Waals surface area contributed by atoms with E-state index in [9.17, 15) is 14.0 Å². The van der Waals surface area contributed by atoms with Crippen LogP contribution in [0.4, 0.5) is 4.39 Å². The van der Waals surface area contributed by atoms with Crippen molar-refractivity contribution in [2.75, 3.05) is 13.1 Å². The Balaban J connectivity index is 1.60. The van der Waals surface area contributed by atoms with Crippen LogP contribution in [0.5, 0.6) is 0 Å². The van der Waals surface area contributed by atoms with Crippen LogP contribution in [0.15, 0.2) is 29.8 Å². The number of Topliss-reactive ketones (excluding diaryl/α,β-unsaturated/α-hetero) is 1. The quantitative estimate of drug-likeness (QED) is 0.541. The molecular formula is C22H25FN4O3S.